The molecular formula is C21H25B2N5. The Labute approximate surface area is 169 Å². The van der Waals surface area contributed by atoms with Crippen LogP contribution >= 0.6 is 0 Å². The van der Waals surface area contributed by atoms with E-state index < -0.39 is 0 Å². The van der Waals surface area contributed by atoms with Gasteiger partial charge >= 0.3 is 0 Å². The van der Waals surface area contributed by atoms with Gasteiger partial charge in [0.1, 0.15) is 21.5 Å². The van der Waals surface area contributed by atoms with Crippen LogP contribution in [-0.2, 0) is 13.0 Å². The molecule has 28 heavy (non-hydrogen) atoms. The topological polar surface area (TPSA) is 70.8 Å². The molecule has 4 rings (SSSR count). The lowest BCUT2D eigenvalue weighted by molar-refractivity contribution is 0.159. The molecule has 3 N–H and O–H groups in total. The first-order chi connectivity index (χ1) is 13.7. The van der Waals surface area contributed by atoms with Gasteiger partial charge in [0.2, 0.25) is 0 Å². The van der Waals surface area contributed by atoms with E-state index in [-0.39, 0.29) is 0 Å². The second-order valence-corrected chi connectivity index (χ2v) is 7.61. The third-order valence-corrected chi connectivity index (χ3v) is 5.55. The van der Waals surface area contributed by atoms with Crippen molar-refractivity contribution in [2.24, 2.45) is 5.73 Å². The summed E-state index contributed by atoms with van der Waals surface area (Å²) in [5.74, 6) is 0.906. The molecule has 1 aliphatic rings. The van der Waals surface area contributed by atoms with Crippen molar-refractivity contribution in [2.75, 3.05) is 13.1 Å². The van der Waals surface area contributed by atoms with Crippen molar-refractivity contribution in [1.82, 2.24) is 19.9 Å². The summed E-state index contributed by atoms with van der Waals surface area (Å²) in [5, 5.41) is 0. The summed E-state index contributed by atoms with van der Waals surface area (Å²) in [4.78, 5) is 15.4. The Morgan fingerprint density at radius 2 is 2.14 bits per heavy atom. The van der Waals surface area contributed by atoms with Crippen LogP contribution in [0.2, 0.25) is 0 Å². The molecule has 0 fully saturated rings. The molecule has 1 atom stereocenters. The van der Waals surface area contributed by atoms with E-state index >= 15 is 0 Å². The fourth-order valence-corrected chi connectivity index (χ4v) is 4.23. The Hall–Kier alpha value is -2.11. The van der Waals surface area contributed by atoms with Crippen LogP contribution in [0.4, 0.5) is 0 Å². The van der Waals surface area contributed by atoms with Gasteiger partial charge in [-0.05, 0) is 62.9 Å². The Kier molecular flexibility index (Phi) is 5.83. The number of nitrogens with zero attached hydrogens (tertiary/aromatic N) is 3. The number of hydrogen-bond donors (Lipinski definition) is 2. The first kappa shape index (κ1) is 19.2. The van der Waals surface area contributed by atoms with Crippen molar-refractivity contribution in [3.8, 4) is 0 Å². The molecule has 2 heterocycles. The van der Waals surface area contributed by atoms with Gasteiger partial charge in [-0.1, -0.05) is 23.1 Å². The molecule has 0 saturated heterocycles. The Bertz CT molecular complexity index is 955. The van der Waals surface area contributed by atoms with Crippen LogP contribution in [0.3, 0.4) is 0 Å². The summed E-state index contributed by atoms with van der Waals surface area (Å²) in [7, 11) is 12.0. The van der Waals surface area contributed by atoms with Gasteiger partial charge in [-0.15, -0.1) is 0 Å². The smallest absolute Gasteiger partial charge is 0.121 e. The van der Waals surface area contributed by atoms with Crippen LogP contribution in [0, 0.1) is 0 Å². The van der Waals surface area contributed by atoms with Crippen molar-refractivity contribution in [2.45, 2.75) is 44.7 Å². The second kappa shape index (κ2) is 8.50. The van der Waals surface area contributed by atoms with Crippen LogP contribution in [-0.4, -0.2) is 48.6 Å². The number of aryl methyl sites for hydroxylation is 1. The monoisotopic (exact) mass is 369 g/mol. The van der Waals surface area contributed by atoms with Crippen molar-refractivity contribution >= 4 is 37.7 Å². The highest BCUT2D eigenvalue weighted by atomic mass is 15.2. The first-order valence-electron chi connectivity index (χ1n) is 10.1. The van der Waals surface area contributed by atoms with Crippen LogP contribution in [0.15, 0.2) is 30.5 Å². The highest BCUT2D eigenvalue weighted by Crippen LogP contribution is 2.33. The summed E-state index contributed by atoms with van der Waals surface area (Å²) in [5.41, 5.74) is 11.2. The van der Waals surface area contributed by atoms with Crippen LogP contribution in [0.25, 0.3) is 11.0 Å². The lowest BCUT2D eigenvalue weighted by atomic mass is 9.86. The minimum absolute atomic E-state index is 0.304. The van der Waals surface area contributed by atoms with E-state index in [0.717, 1.165) is 55.6 Å². The zero-order chi connectivity index (χ0) is 19.5. The summed E-state index contributed by atoms with van der Waals surface area (Å²) < 4.78 is 0. The number of pyridine rings is 1. The van der Waals surface area contributed by atoms with Gasteiger partial charge < -0.3 is 10.7 Å². The number of H-pyrrole nitrogens is 1. The van der Waals surface area contributed by atoms with Crippen LogP contribution in [0.1, 0.15) is 48.8 Å². The summed E-state index contributed by atoms with van der Waals surface area (Å²) in [6, 6.07) is 8.19. The molecule has 0 spiro atoms. The molecular weight excluding hydrogens is 344 g/mol. The molecule has 0 saturated carbocycles. The number of hydrogen-bond acceptors (Lipinski definition) is 4. The van der Waals surface area contributed by atoms with E-state index in [1.165, 1.54) is 17.7 Å². The van der Waals surface area contributed by atoms with Crippen molar-refractivity contribution in [3.05, 3.63) is 47.5 Å². The molecule has 4 radical (unpaired) electrons. The standard InChI is InChI=1S/C21H25B2N5/c22-15-11-16(23)21-17(12-15)26-19(27-21)13-28(10-2-1-8-24)18-7-3-5-14-6-4-9-25-20(14)18/h4,6,9,11-12,18H,1-3,5,7-8,10,13,24H2,(H,26,27)/t18-/m0/s1. The van der Waals surface area contributed by atoms with E-state index in [1.807, 2.05) is 18.3 Å². The Morgan fingerprint density at radius 1 is 1.25 bits per heavy atom. The number of rotatable bonds is 7. The highest BCUT2D eigenvalue weighted by molar-refractivity contribution is 6.42. The average molecular weight is 369 g/mol. The number of unbranched alkanes of at least 4 members (excludes halogenated alkanes) is 1. The molecule has 1 aromatic carbocycles. The molecule has 1 aliphatic carbocycles. The van der Waals surface area contributed by atoms with E-state index in [2.05, 4.69) is 16.0 Å². The van der Waals surface area contributed by atoms with Crippen LogP contribution < -0.4 is 16.7 Å². The van der Waals surface area contributed by atoms with Crippen molar-refractivity contribution in [3.63, 3.8) is 0 Å². The van der Waals surface area contributed by atoms with Gasteiger partial charge in [0, 0.05) is 6.20 Å². The van der Waals surface area contributed by atoms with Gasteiger partial charge in [0.05, 0.1) is 29.3 Å². The van der Waals surface area contributed by atoms with Gasteiger partial charge in [0.15, 0.2) is 0 Å². The number of nitrogens with one attached hydrogen (secondary N) is 1. The quantitative estimate of drug-likeness (QED) is 0.485. The first-order valence-corrected chi connectivity index (χ1v) is 10.1. The number of fused-ring (bicyclic) bond motifs is 2. The molecule has 3 aromatic rings. The van der Waals surface area contributed by atoms with E-state index in [9.17, 15) is 0 Å². The minimum Gasteiger partial charge on any atom is -0.341 e. The second-order valence-electron chi connectivity index (χ2n) is 7.61. The largest absolute Gasteiger partial charge is 0.341 e. The maximum atomic E-state index is 6.11. The number of aromatic amines is 1. The maximum absolute atomic E-state index is 6.11. The summed E-state index contributed by atoms with van der Waals surface area (Å²) in [6.45, 7) is 2.40. The lowest BCUT2D eigenvalue weighted by Gasteiger charge is -2.34. The SMILES string of the molecule is [B]c1cc([B])c2nc(CN(CCCCN)[C@H]3CCCc4cccnc43)[nH]c2c1. The van der Waals surface area contributed by atoms with Crippen LogP contribution in [0.5, 0.6) is 0 Å². The molecule has 5 nitrogen and oxygen atoms in total. The third-order valence-electron chi connectivity index (χ3n) is 5.55. The summed E-state index contributed by atoms with van der Waals surface area (Å²) in [6.07, 6.45) is 7.38. The molecule has 0 unspecified atom stereocenters. The number of imidazole rings is 1. The molecule has 0 bridgehead atoms. The van der Waals surface area contributed by atoms with E-state index in [0.29, 0.717) is 23.5 Å². The van der Waals surface area contributed by atoms with Gasteiger partial charge in [-0.25, -0.2) is 4.98 Å². The fraction of sp³-hybridized carbons (Fsp3) is 0.429. The Balaban J connectivity index is 1.63. The van der Waals surface area contributed by atoms with Crippen molar-refractivity contribution < 1.29 is 0 Å². The molecule has 7 heteroatoms. The number of nitrogens with two attached hydrogens (primary N) is 1. The fourth-order valence-electron chi connectivity index (χ4n) is 4.23. The highest BCUT2D eigenvalue weighted by Gasteiger charge is 2.27. The predicted octanol–water partition coefficient (Wildman–Crippen LogP) is 1.16. The zero-order valence-electron chi connectivity index (χ0n) is 16.2. The molecule has 2 aromatic heterocycles. The average Bonchev–Trinajstić information content (AvgIpc) is 3.10. The molecule has 0 aliphatic heterocycles. The third kappa shape index (κ3) is 4.01. The van der Waals surface area contributed by atoms with Gasteiger partial charge in [-0.2, -0.15) is 0 Å². The van der Waals surface area contributed by atoms with Gasteiger partial charge in [0.25, 0.3) is 0 Å². The van der Waals surface area contributed by atoms with Crippen molar-refractivity contribution in [1.29, 1.82) is 0 Å². The number of aromatic nitrogens is 3. The summed E-state index contributed by atoms with van der Waals surface area (Å²) >= 11 is 0. The Morgan fingerprint density at radius 3 is 3.00 bits per heavy atom. The van der Waals surface area contributed by atoms with E-state index in [4.69, 9.17) is 31.4 Å². The normalized spacial score (nSPS) is 16.6. The van der Waals surface area contributed by atoms with Gasteiger partial charge in [-0.3, -0.25) is 9.88 Å². The van der Waals surface area contributed by atoms with E-state index in [1.54, 1.807) is 6.07 Å². The molecule has 0 amide bonds. The predicted molar refractivity (Wildman–Crippen MR) is 115 cm³/mol. The molecule has 140 valence electrons. The zero-order valence-corrected chi connectivity index (χ0v) is 16.2. The lowest BCUT2D eigenvalue weighted by Crippen LogP contribution is -2.33. The maximum Gasteiger partial charge on any atom is 0.121 e. The minimum atomic E-state index is 0.304. The number of benzene rings is 1.